The highest BCUT2D eigenvalue weighted by molar-refractivity contribution is 7.19. The fourth-order valence-electron chi connectivity index (χ4n) is 4.99. The molecule has 1 saturated heterocycles. The van der Waals surface area contributed by atoms with Gasteiger partial charge in [-0.3, -0.25) is 4.98 Å². The number of hydrogen-bond donors (Lipinski definition) is 0. The van der Waals surface area contributed by atoms with E-state index < -0.39 is 0 Å². The summed E-state index contributed by atoms with van der Waals surface area (Å²) in [6.45, 7) is 6.30. The van der Waals surface area contributed by atoms with Crippen molar-refractivity contribution in [3.8, 4) is 11.4 Å². The molecular formula is C26H27N5S. The van der Waals surface area contributed by atoms with Gasteiger partial charge in [0.2, 0.25) is 0 Å². The molecule has 1 atom stereocenters. The summed E-state index contributed by atoms with van der Waals surface area (Å²) in [5.41, 5.74) is 3.79. The summed E-state index contributed by atoms with van der Waals surface area (Å²) in [6, 6.07) is 14.7. The highest BCUT2D eigenvalue weighted by Gasteiger charge is 2.28. The van der Waals surface area contributed by atoms with E-state index >= 15 is 0 Å². The largest absolute Gasteiger partial charge is 0.368 e. The SMILES string of the molecule is CC1CCc2c(sc3nc(-c4cccnc4)nc(N4CCN(c5ccccc5)CC4)c23)C1. The van der Waals surface area contributed by atoms with Gasteiger partial charge in [-0.25, -0.2) is 9.97 Å². The van der Waals surface area contributed by atoms with E-state index in [1.807, 2.05) is 23.6 Å². The first kappa shape index (κ1) is 19.7. The van der Waals surface area contributed by atoms with Crippen LogP contribution in [0.1, 0.15) is 23.8 Å². The summed E-state index contributed by atoms with van der Waals surface area (Å²) in [6.07, 6.45) is 7.23. The Kier molecular flexibility index (Phi) is 5.02. The van der Waals surface area contributed by atoms with E-state index in [-0.39, 0.29) is 0 Å². The van der Waals surface area contributed by atoms with Crippen LogP contribution in [0.3, 0.4) is 0 Å². The standard InChI is InChI=1S/C26H27N5S/c1-18-9-10-21-22(16-18)32-26-23(21)25(28-24(29-26)19-6-5-11-27-17-19)31-14-12-30(13-15-31)20-7-3-2-4-8-20/h2-8,11,17-18H,9-10,12-16H2,1H3. The van der Waals surface area contributed by atoms with Crippen LogP contribution in [0.25, 0.3) is 21.6 Å². The van der Waals surface area contributed by atoms with E-state index in [0.29, 0.717) is 0 Å². The average Bonchev–Trinajstić information content (AvgIpc) is 3.22. The van der Waals surface area contributed by atoms with Gasteiger partial charge in [0.05, 0.1) is 5.39 Å². The highest BCUT2D eigenvalue weighted by Crippen LogP contribution is 2.42. The summed E-state index contributed by atoms with van der Waals surface area (Å²) in [7, 11) is 0. The zero-order chi connectivity index (χ0) is 21.5. The molecule has 0 bridgehead atoms. The minimum atomic E-state index is 0.749. The number of fused-ring (bicyclic) bond motifs is 3. The van der Waals surface area contributed by atoms with E-state index in [4.69, 9.17) is 9.97 Å². The van der Waals surface area contributed by atoms with Gasteiger partial charge in [0.1, 0.15) is 10.6 Å². The van der Waals surface area contributed by atoms with Crippen molar-refractivity contribution in [2.75, 3.05) is 36.0 Å². The number of aromatic nitrogens is 3. The molecule has 3 aromatic heterocycles. The number of para-hydroxylation sites is 1. The first-order valence-corrected chi connectivity index (χ1v) is 12.4. The molecule has 4 heterocycles. The molecule has 0 spiro atoms. The Bertz CT molecular complexity index is 1230. The number of nitrogens with zero attached hydrogens (tertiary/aromatic N) is 5. The maximum atomic E-state index is 5.15. The van der Waals surface area contributed by atoms with Crippen molar-refractivity contribution in [1.82, 2.24) is 15.0 Å². The molecule has 0 amide bonds. The molecular weight excluding hydrogens is 414 g/mol. The summed E-state index contributed by atoms with van der Waals surface area (Å²) in [5.74, 6) is 2.66. The molecule has 4 aromatic rings. The van der Waals surface area contributed by atoms with Crippen LogP contribution in [-0.2, 0) is 12.8 Å². The lowest BCUT2D eigenvalue weighted by molar-refractivity contribution is 0.509. The van der Waals surface area contributed by atoms with Gasteiger partial charge in [0.15, 0.2) is 5.82 Å². The van der Waals surface area contributed by atoms with Crippen molar-refractivity contribution in [2.24, 2.45) is 5.92 Å². The van der Waals surface area contributed by atoms with Gasteiger partial charge < -0.3 is 9.80 Å². The molecule has 32 heavy (non-hydrogen) atoms. The highest BCUT2D eigenvalue weighted by atomic mass is 32.1. The number of thiophene rings is 1. The number of piperazine rings is 1. The predicted molar refractivity (Wildman–Crippen MR) is 133 cm³/mol. The van der Waals surface area contributed by atoms with Gasteiger partial charge in [-0.1, -0.05) is 25.1 Å². The minimum Gasteiger partial charge on any atom is -0.368 e. The van der Waals surface area contributed by atoms with Crippen molar-refractivity contribution < 1.29 is 0 Å². The first-order valence-electron chi connectivity index (χ1n) is 11.5. The van der Waals surface area contributed by atoms with Crippen LogP contribution in [0.4, 0.5) is 11.5 Å². The molecule has 0 N–H and O–H groups in total. The molecule has 1 unspecified atom stereocenters. The fourth-order valence-corrected chi connectivity index (χ4v) is 6.37. The van der Waals surface area contributed by atoms with Crippen LogP contribution in [0.5, 0.6) is 0 Å². The molecule has 2 aliphatic rings. The van der Waals surface area contributed by atoms with Crippen molar-refractivity contribution in [1.29, 1.82) is 0 Å². The zero-order valence-electron chi connectivity index (χ0n) is 18.4. The third-order valence-corrected chi connectivity index (χ3v) is 7.90. The first-order chi connectivity index (χ1) is 15.8. The monoisotopic (exact) mass is 441 g/mol. The Morgan fingerprint density at radius 3 is 2.53 bits per heavy atom. The van der Waals surface area contributed by atoms with E-state index in [1.165, 1.54) is 34.4 Å². The van der Waals surface area contributed by atoms with Crippen molar-refractivity contribution in [3.63, 3.8) is 0 Å². The summed E-state index contributed by atoms with van der Waals surface area (Å²) in [5, 5.41) is 1.30. The van der Waals surface area contributed by atoms with Gasteiger partial charge in [-0.15, -0.1) is 11.3 Å². The topological polar surface area (TPSA) is 45.2 Å². The number of pyridine rings is 1. The summed E-state index contributed by atoms with van der Waals surface area (Å²) >= 11 is 1.88. The molecule has 1 aliphatic heterocycles. The third kappa shape index (κ3) is 3.52. The lowest BCUT2D eigenvalue weighted by Gasteiger charge is -2.37. The Morgan fingerprint density at radius 1 is 0.938 bits per heavy atom. The summed E-state index contributed by atoms with van der Waals surface area (Å²) < 4.78 is 0. The second kappa shape index (κ2) is 8.17. The lowest BCUT2D eigenvalue weighted by atomic mass is 9.89. The van der Waals surface area contributed by atoms with Crippen molar-refractivity contribution >= 4 is 33.1 Å². The normalized spacial score (nSPS) is 18.7. The van der Waals surface area contributed by atoms with Crippen molar-refractivity contribution in [3.05, 3.63) is 65.3 Å². The van der Waals surface area contributed by atoms with Crippen LogP contribution in [0.2, 0.25) is 0 Å². The predicted octanol–water partition coefficient (Wildman–Crippen LogP) is 5.20. The molecule has 6 heteroatoms. The maximum Gasteiger partial charge on any atom is 0.164 e. The molecule has 6 rings (SSSR count). The molecule has 1 fully saturated rings. The van der Waals surface area contributed by atoms with E-state index in [9.17, 15) is 0 Å². The van der Waals surface area contributed by atoms with Crippen LogP contribution in [0.15, 0.2) is 54.9 Å². The third-order valence-electron chi connectivity index (χ3n) is 6.76. The molecule has 0 radical (unpaired) electrons. The average molecular weight is 442 g/mol. The molecule has 1 aliphatic carbocycles. The van der Waals surface area contributed by atoms with E-state index in [2.05, 4.69) is 58.1 Å². The Labute approximate surface area is 192 Å². The summed E-state index contributed by atoms with van der Waals surface area (Å²) in [4.78, 5) is 22.1. The van der Waals surface area contributed by atoms with Crippen LogP contribution in [0, 0.1) is 5.92 Å². The number of rotatable bonds is 3. The second-order valence-corrected chi connectivity index (χ2v) is 10.0. The van der Waals surface area contributed by atoms with E-state index in [0.717, 1.165) is 60.6 Å². The number of hydrogen-bond acceptors (Lipinski definition) is 6. The Hall–Kier alpha value is -2.99. The second-order valence-electron chi connectivity index (χ2n) is 8.95. The Balaban J connectivity index is 1.41. The maximum absolute atomic E-state index is 5.15. The lowest BCUT2D eigenvalue weighted by Crippen LogP contribution is -2.47. The number of anilines is 2. The molecule has 5 nitrogen and oxygen atoms in total. The number of aryl methyl sites for hydroxylation is 1. The Morgan fingerprint density at radius 2 is 1.75 bits per heavy atom. The zero-order valence-corrected chi connectivity index (χ0v) is 19.2. The smallest absolute Gasteiger partial charge is 0.164 e. The van der Waals surface area contributed by atoms with Gasteiger partial charge in [0, 0.05) is 54.7 Å². The molecule has 162 valence electrons. The van der Waals surface area contributed by atoms with Gasteiger partial charge in [-0.2, -0.15) is 0 Å². The van der Waals surface area contributed by atoms with E-state index in [1.54, 1.807) is 6.20 Å². The van der Waals surface area contributed by atoms with Gasteiger partial charge in [0.25, 0.3) is 0 Å². The van der Waals surface area contributed by atoms with Gasteiger partial charge in [-0.05, 0) is 55.0 Å². The quantitative estimate of drug-likeness (QED) is 0.437. The fraction of sp³-hybridized carbons (Fsp3) is 0.346. The van der Waals surface area contributed by atoms with Crippen molar-refractivity contribution in [2.45, 2.75) is 26.2 Å². The van der Waals surface area contributed by atoms with Crippen LogP contribution >= 0.6 is 11.3 Å². The van der Waals surface area contributed by atoms with Gasteiger partial charge >= 0.3 is 0 Å². The molecule has 0 saturated carbocycles. The number of benzene rings is 1. The molecule has 1 aromatic carbocycles. The van der Waals surface area contributed by atoms with Crippen LogP contribution < -0.4 is 9.80 Å². The van der Waals surface area contributed by atoms with Crippen LogP contribution in [-0.4, -0.2) is 41.1 Å². The minimum absolute atomic E-state index is 0.749.